The van der Waals surface area contributed by atoms with Gasteiger partial charge in [-0.2, -0.15) is 0 Å². The Hall–Kier alpha value is -1.77. The first kappa shape index (κ1) is 16.6. The fourth-order valence-electron chi connectivity index (χ4n) is 2.79. The fraction of sp³-hybridized carbons (Fsp3) is 0.526. The fourth-order valence-corrected chi connectivity index (χ4v) is 2.79. The summed E-state index contributed by atoms with van der Waals surface area (Å²) in [5.74, 6) is 0. The number of ether oxygens (including phenoxy) is 1. The van der Waals surface area contributed by atoms with Gasteiger partial charge in [0.05, 0.1) is 5.70 Å². The van der Waals surface area contributed by atoms with Crippen LogP contribution in [0.4, 0.5) is 4.79 Å². The van der Waals surface area contributed by atoms with E-state index < -0.39 is 5.60 Å². The Morgan fingerprint density at radius 3 is 2.32 bits per heavy atom. The Kier molecular flexibility index (Phi) is 4.94. The second-order valence-corrected chi connectivity index (χ2v) is 7.09. The zero-order chi connectivity index (χ0) is 16.3. The van der Waals surface area contributed by atoms with Crippen molar-refractivity contribution in [1.82, 2.24) is 4.90 Å². The lowest BCUT2D eigenvalue weighted by atomic mass is 10.0. The number of hydrogen-bond donors (Lipinski definition) is 0. The van der Waals surface area contributed by atoms with Crippen LogP contribution < -0.4 is 0 Å². The SMILES string of the molecule is Cc1cc(C)cc(C2=CCCCCN2C(=O)OC(C)(C)C)c1. The highest BCUT2D eigenvalue weighted by Crippen LogP contribution is 2.27. The van der Waals surface area contributed by atoms with Gasteiger partial charge >= 0.3 is 6.09 Å². The van der Waals surface area contributed by atoms with Crippen LogP contribution in [-0.4, -0.2) is 23.1 Å². The Labute approximate surface area is 134 Å². The van der Waals surface area contributed by atoms with Crippen LogP contribution in [0.3, 0.4) is 0 Å². The number of aryl methyl sites for hydroxylation is 2. The highest BCUT2D eigenvalue weighted by molar-refractivity contribution is 5.82. The molecule has 0 N–H and O–H groups in total. The van der Waals surface area contributed by atoms with Gasteiger partial charge in [0.15, 0.2) is 0 Å². The first-order chi connectivity index (χ1) is 10.3. The molecular formula is C19H27NO2. The molecule has 1 aromatic carbocycles. The zero-order valence-electron chi connectivity index (χ0n) is 14.4. The van der Waals surface area contributed by atoms with Crippen molar-refractivity contribution in [3.05, 3.63) is 41.0 Å². The summed E-state index contributed by atoms with van der Waals surface area (Å²) in [6, 6.07) is 6.43. The van der Waals surface area contributed by atoms with Gasteiger partial charge in [-0.15, -0.1) is 0 Å². The first-order valence-electron chi connectivity index (χ1n) is 8.05. The molecule has 22 heavy (non-hydrogen) atoms. The summed E-state index contributed by atoms with van der Waals surface area (Å²) < 4.78 is 5.59. The number of hydrogen-bond acceptors (Lipinski definition) is 2. The molecule has 0 atom stereocenters. The van der Waals surface area contributed by atoms with Gasteiger partial charge in [0.1, 0.15) is 5.60 Å². The summed E-state index contributed by atoms with van der Waals surface area (Å²) in [6.07, 6.45) is 5.03. The molecular weight excluding hydrogens is 274 g/mol. The first-order valence-corrected chi connectivity index (χ1v) is 8.05. The normalized spacial score (nSPS) is 16.0. The third-order valence-electron chi connectivity index (χ3n) is 3.60. The van der Waals surface area contributed by atoms with E-state index in [1.165, 1.54) is 11.1 Å². The number of carbonyl (C=O) groups excluding carboxylic acids is 1. The number of nitrogens with zero attached hydrogens (tertiary/aromatic N) is 1. The molecule has 3 heteroatoms. The summed E-state index contributed by atoms with van der Waals surface area (Å²) in [5, 5.41) is 0. The predicted molar refractivity (Wildman–Crippen MR) is 90.7 cm³/mol. The Morgan fingerprint density at radius 1 is 1.09 bits per heavy atom. The summed E-state index contributed by atoms with van der Waals surface area (Å²) in [6.45, 7) is 10.6. The van der Waals surface area contributed by atoms with Gasteiger partial charge in [-0.25, -0.2) is 4.79 Å². The zero-order valence-corrected chi connectivity index (χ0v) is 14.4. The molecule has 0 bridgehead atoms. The van der Waals surface area contributed by atoms with E-state index in [0.717, 1.165) is 30.5 Å². The molecule has 0 saturated heterocycles. The van der Waals surface area contributed by atoms with Gasteiger partial charge in [-0.1, -0.05) is 23.3 Å². The number of benzene rings is 1. The number of rotatable bonds is 1. The van der Waals surface area contributed by atoms with Crippen molar-refractivity contribution in [3.8, 4) is 0 Å². The molecule has 3 nitrogen and oxygen atoms in total. The second-order valence-electron chi connectivity index (χ2n) is 7.09. The maximum absolute atomic E-state index is 12.6. The van der Waals surface area contributed by atoms with Crippen LogP contribution in [0.25, 0.3) is 5.70 Å². The smallest absolute Gasteiger partial charge is 0.414 e. The van der Waals surface area contributed by atoms with Crippen molar-refractivity contribution in [2.75, 3.05) is 6.54 Å². The van der Waals surface area contributed by atoms with Gasteiger partial charge in [0, 0.05) is 6.54 Å². The minimum atomic E-state index is -0.475. The van der Waals surface area contributed by atoms with Crippen LogP contribution >= 0.6 is 0 Å². The average Bonchev–Trinajstić information content (AvgIpc) is 2.60. The van der Waals surface area contributed by atoms with E-state index in [1.54, 1.807) is 4.90 Å². The van der Waals surface area contributed by atoms with Crippen LogP contribution in [0.5, 0.6) is 0 Å². The van der Waals surface area contributed by atoms with Crippen molar-refractivity contribution in [2.24, 2.45) is 0 Å². The molecule has 1 aliphatic heterocycles. The lowest BCUT2D eigenvalue weighted by Gasteiger charge is -2.28. The molecule has 0 aromatic heterocycles. The molecule has 1 heterocycles. The minimum Gasteiger partial charge on any atom is -0.443 e. The van der Waals surface area contributed by atoms with E-state index in [9.17, 15) is 4.79 Å². The van der Waals surface area contributed by atoms with Crippen molar-refractivity contribution >= 4 is 11.8 Å². The number of amides is 1. The predicted octanol–water partition coefficient (Wildman–Crippen LogP) is 5.07. The Balaban J connectivity index is 2.35. The summed E-state index contributed by atoms with van der Waals surface area (Å²) in [7, 11) is 0. The van der Waals surface area contributed by atoms with Gasteiger partial charge in [-0.3, -0.25) is 4.90 Å². The molecule has 2 rings (SSSR count). The Morgan fingerprint density at radius 2 is 1.73 bits per heavy atom. The van der Waals surface area contributed by atoms with E-state index in [0.29, 0.717) is 6.54 Å². The molecule has 1 amide bonds. The summed E-state index contributed by atoms with van der Waals surface area (Å²) in [5.41, 5.74) is 4.04. The van der Waals surface area contributed by atoms with Gasteiger partial charge in [0.25, 0.3) is 0 Å². The molecule has 0 saturated carbocycles. The average molecular weight is 301 g/mol. The molecule has 0 unspecified atom stereocenters. The summed E-state index contributed by atoms with van der Waals surface area (Å²) in [4.78, 5) is 14.4. The van der Waals surface area contributed by atoms with Crippen molar-refractivity contribution in [3.63, 3.8) is 0 Å². The monoisotopic (exact) mass is 301 g/mol. The van der Waals surface area contributed by atoms with Crippen LogP contribution in [0.1, 0.15) is 56.7 Å². The lowest BCUT2D eigenvalue weighted by Crippen LogP contribution is -2.36. The van der Waals surface area contributed by atoms with Gasteiger partial charge < -0.3 is 4.74 Å². The van der Waals surface area contributed by atoms with Crippen molar-refractivity contribution < 1.29 is 9.53 Å². The molecule has 1 aromatic rings. The maximum atomic E-state index is 12.6. The highest BCUT2D eigenvalue weighted by Gasteiger charge is 2.26. The van der Waals surface area contributed by atoms with E-state index >= 15 is 0 Å². The van der Waals surface area contributed by atoms with Crippen LogP contribution in [-0.2, 0) is 4.74 Å². The molecule has 120 valence electrons. The quantitative estimate of drug-likeness (QED) is 0.725. The third kappa shape index (κ3) is 4.36. The van der Waals surface area contributed by atoms with Crippen molar-refractivity contribution in [1.29, 1.82) is 0 Å². The topological polar surface area (TPSA) is 29.5 Å². The molecule has 0 radical (unpaired) electrons. The Bertz CT molecular complexity index is 561. The van der Waals surface area contributed by atoms with Crippen LogP contribution in [0, 0.1) is 13.8 Å². The van der Waals surface area contributed by atoms with E-state index in [-0.39, 0.29) is 6.09 Å². The van der Waals surface area contributed by atoms with Crippen molar-refractivity contribution in [2.45, 2.75) is 59.5 Å². The minimum absolute atomic E-state index is 0.250. The lowest BCUT2D eigenvalue weighted by molar-refractivity contribution is 0.0353. The molecule has 0 aliphatic carbocycles. The highest BCUT2D eigenvalue weighted by atomic mass is 16.6. The largest absolute Gasteiger partial charge is 0.443 e. The van der Waals surface area contributed by atoms with E-state index in [1.807, 2.05) is 20.8 Å². The standard InChI is InChI=1S/C19H27NO2/c1-14-11-15(2)13-16(12-14)17-9-7-6-8-10-20(17)18(21)22-19(3,4)5/h9,11-13H,6-8,10H2,1-5H3. The van der Waals surface area contributed by atoms with Crippen LogP contribution in [0.15, 0.2) is 24.3 Å². The molecule has 0 fully saturated rings. The number of carbonyl (C=O) groups is 1. The summed E-state index contributed by atoms with van der Waals surface area (Å²) >= 11 is 0. The van der Waals surface area contributed by atoms with Gasteiger partial charge in [0.2, 0.25) is 0 Å². The molecule has 0 spiro atoms. The van der Waals surface area contributed by atoms with Crippen LogP contribution in [0.2, 0.25) is 0 Å². The number of allylic oxidation sites excluding steroid dienone is 1. The molecule has 1 aliphatic rings. The third-order valence-corrected chi connectivity index (χ3v) is 3.60. The van der Waals surface area contributed by atoms with Gasteiger partial charge in [-0.05, 0) is 71.6 Å². The van der Waals surface area contributed by atoms with E-state index in [2.05, 4.69) is 38.1 Å². The second kappa shape index (κ2) is 6.55. The van der Waals surface area contributed by atoms with E-state index in [4.69, 9.17) is 4.74 Å². The maximum Gasteiger partial charge on any atom is 0.414 e.